The predicted molar refractivity (Wildman–Crippen MR) is 61.1 cm³/mol. The fraction of sp³-hybridized carbons (Fsp3) is 0.600. The van der Waals surface area contributed by atoms with E-state index in [1.54, 1.807) is 18.3 Å². The molecular formula is C10H12BrNOS. The molecule has 1 atom stereocenters. The van der Waals surface area contributed by atoms with E-state index >= 15 is 0 Å². The average molecular weight is 274 g/mol. The molecule has 1 saturated carbocycles. The lowest BCUT2D eigenvalue weighted by Gasteiger charge is -2.13. The zero-order valence-corrected chi connectivity index (χ0v) is 10.6. The number of aromatic nitrogens is 1. The molecule has 4 heteroatoms. The molecule has 0 amide bonds. The summed E-state index contributed by atoms with van der Waals surface area (Å²) in [5.74, 6) is 0.0492. The second-order valence-electron chi connectivity index (χ2n) is 4.14. The highest BCUT2D eigenvalue weighted by Gasteiger charge is 2.45. The Balaban J connectivity index is 2.20. The minimum absolute atomic E-state index is 0.0492. The highest BCUT2D eigenvalue weighted by atomic mass is 79.9. The van der Waals surface area contributed by atoms with Crippen LogP contribution in [0, 0.1) is 5.41 Å². The molecule has 0 radical (unpaired) electrons. The van der Waals surface area contributed by atoms with Gasteiger partial charge in [0, 0.05) is 12.3 Å². The molecule has 1 aliphatic carbocycles. The SMILES string of the molecule is CC(=O)c1csc(C(Br)C2(C)CC2)n1. The Bertz CT molecular complexity index is 370. The molecule has 0 bridgehead atoms. The van der Waals surface area contributed by atoms with Crippen LogP contribution < -0.4 is 0 Å². The fourth-order valence-electron chi connectivity index (χ4n) is 1.31. The van der Waals surface area contributed by atoms with Gasteiger partial charge in [-0.3, -0.25) is 4.79 Å². The van der Waals surface area contributed by atoms with Gasteiger partial charge in [0.25, 0.3) is 0 Å². The molecule has 0 N–H and O–H groups in total. The van der Waals surface area contributed by atoms with Gasteiger partial charge in [-0.2, -0.15) is 0 Å². The van der Waals surface area contributed by atoms with Crippen molar-refractivity contribution in [3.8, 4) is 0 Å². The number of thiazole rings is 1. The molecule has 0 aromatic carbocycles. The first-order chi connectivity index (χ1) is 6.53. The van der Waals surface area contributed by atoms with E-state index in [1.165, 1.54) is 12.8 Å². The van der Waals surface area contributed by atoms with Gasteiger partial charge in [-0.15, -0.1) is 11.3 Å². The van der Waals surface area contributed by atoms with Gasteiger partial charge in [-0.1, -0.05) is 22.9 Å². The third-order valence-corrected chi connectivity index (χ3v) is 5.50. The molecule has 1 unspecified atom stereocenters. The van der Waals surface area contributed by atoms with Crippen molar-refractivity contribution in [3.63, 3.8) is 0 Å². The summed E-state index contributed by atoms with van der Waals surface area (Å²) in [7, 11) is 0. The number of carbonyl (C=O) groups is 1. The monoisotopic (exact) mass is 273 g/mol. The lowest BCUT2D eigenvalue weighted by molar-refractivity contribution is 0.101. The van der Waals surface area contributed by atoms with Gasteiger partial charge < -0.3 is 0 Å². The van der Waals surface area contributed by atoms with E-state index < -0.39 is 0 Å². The van der Waals surface area contributed by atoms with Crippen LogP contribution in [0.15, 0.2) is 5.38 Å². The van der Waals surface area contributed by atoms with Crippen LogP contribution in [0.5, 0.6) is 0 Å². The second-order valence-corrected chi connectivity index (χ2v) is 5.95. The molecule has 2 rings (SSSR count). The van der Waals surface area contributed by atoms with Gasteiger partial charge in [0.1, 0.15) is 10.7 Å². The number of hydrogen-bond donors (Lipinski definition) is 0. The molecule has 0 spiro atoms. The van der Waals surface area contributed by atoms with Gasteiger partial charge in [-0.25, -0.2) is 4.98 Å². The van der Waals surface area contributed by atoms with Crippen molar-refractivity contribution in [3.05, 3.63) is 16.1 Å². The van der Waals surface area contributed by atoms with Crippen LogP contribution in [0.3, 0.4) is 0 Å². The summed E-state index contributed by atoms with van der Waals surface area (Å²) in [5.41, 5.74) is 0.963. The van der Waals surface area contributed by atoms with Crippen molar-refractivity contribution in [2.75, 3.05) is 0 Å². The highest BCUT2D eigenvalue weighted by molar-refractivity contribution is 9.09. The van der Waals surface area contributed by atoms with Gasteiger partial charge in [-0.05, 0) is 18.3 Å². The van der Waals surface area contributed by atoms with Crippen molar-refractivity contribution in [2.24, 2.45) is 5.41 Å². The molecular weight excluding hydrogens is 262 g/mol. The molecule has 1 heterocycles. The summed E-state index contributed by atoms with van der Waals surface area (Å²) >= 11 is 5.24. The van der Waals surface area contributed by atoms with E-state index in [0.29, 0.717) is 15.9 Å². The zero-order chi connectivity index (χ0) is 10.3. The maximum Gasteiger partial charge on any atom is 0.178 e. The molecule has 1 aromatic rings. The second kappa shape index (κ2) is 3.42. The normalized spacial score (nSPS) is 20.5. The van der Waals surface area contributed by atoms with Gasteiger partial charge >= 0.3 is 0 Å². The van der Waals surface area contributed by atoms with Crippen molar-refractivity contribution < 1.29 is 4.79 Å². The molecule has 1 aliphatic rings. The van der Waals surface area contributed by atoms with Crippen LogP contribution in [0.1, 0.15) is 47.0 Å². The maximum atomic E-state index is 11.1. The van der Waals surface area contributed by atoms with Crippen molar-refractivity contribution in [1.29, 1.82) is 0 Å². The largest absolute Gasteiger partial charge is 0.293 e. The number of carbonyl (C=O) groups excluding carboxylic acids is 1. The number of alkyl halides is 1. The average Bonchev–Trinajstić information content (AvgIpc) is 2.69. The third-order valence-electron chi connectivity index (χ3n) is 2.75. The summed E-state index contributed by atoms with van der Waals surface area (Å²) in [6, 6.07) is 0. The quantitative estimate of drug-likeness (QED) is 0.623. The summed E-state index contributed by atoms with van der Waals surface area (Å²) in [5, 5.41) is 2.88. The summed E-state index contributed by atoms with van der Waals surface area (Å²) in [4.78, 5) is 15.7. The Morgan fingerprint density at radius 2 is 2.36 bits per heavy atom. The first-order valence-electron chi connectivity index (χ1n) is 4.63. The Morgan fingerprint density at radius 3 is 2.79 bits per heavy atom. The number of hydrogen-bond acceptors (Lipinski definition) is 3. The topological polar surface area (TPSA) is 30.0 Å². The number of nitrogens with zero attached hydrogens (tertiary/aromatic N) is 1. The maximum absolute atomic E-state index is 11.1. The van der Waals surface area contributed by atoms with Crippen LogP contribution >= 0.6 is 27.3 Å². The van der Waals surface area contributed by atoms with E-state index in [2.05, 4.69) is 27.8 Å². The number of Topliss-reactive ketones (excluding diaryl/α,β-unsaturated/α-hetero) is 1. The molecule has 76 valence electrons. The van der Waals surface area contributed by atoms with Gasteiger partial charge in [0.05, 0.1) is 4.83 Å². The van der Waals surface area contributed by atoms with E-state index in [4.69, 9.17) is 0 Å². The van der Waals surface area contributed by atoms with Crippen molar-refractivity contribution in [1.82, 2.24) is 4.98 Å². The first kappa shape index (κ1) is 10.3. The minimum atomic E-state index is 0.0492. The van der Waals surface area contributed by atoms with Crippen LogP contribution in [-0.2, 0) is 0 Å². The van der Waals surface area contributed by atoms with E-state index in [-0.39, 0.29) is 5.78 Å². The van der Waals surface area contributed by atoms with Crippen LogP contribution in [0.25, 0.3) is 0 Å². The summed E-state index contributed by atoms with van der Waals surface area (Å²) in [6.07, 6.45) is 2.50. The molecule has 0 aliphatic heterocycles. The molecule has 2 nitrogen and oxygen atoms in total. The number of halogens is 1. The van der Waals surface area contributed by atoms with E-state index in [1.807, 2.05) is 5.38 Å². The third kappa shape index (κ3) is 1.77. The lowest BCUT2D eigenvalue weighted by atomic mass is 10.1. The van der Waals surface area contributed by atoms with Crippen LogP contribution in [0.2, 0.25) is 0 Å². The highest BCUT2D eigenvalue weighted by Crippen LogP contribution is 2.58. The standard InChI is InChI=1S/C10H12BrNOS/c1-6(13)7-5-14-9(12-7)8(11)10(2)3-4-10/h5,8H,3-4H2,1-2H3. The summed E-state index contributed by atoms with van der Waals surface area (Å²) in [6.45, 7) is 3.81. The van der Waals surface area contributed by atoms with Gasteiger partial charge in [0.2, 0.25) is 0 Å². The molecule has 14 heavy (non-hydrogen) atoms. The Morgan fingerprint density at radius 1 is 1.71 bits per heavy atom. The van der Waals surface area contributed by atoms with Crippen LogP contribution in [0.4, 0.5) is 0 Å². The van der Waals surface area contributed by atoms with Crippen molar-refractivity contribution >= 4 is 33.0 Å². The zero-order valence-electron chi connectivity index (χ0n) is 8.21. The van der Waals surface area contributed by atoms with Gasteiger partial charge in [0.15, 0.2) is 5.78 Å². The van der Waals surface area contributed by atoms with Crippen LogP contribution in [-0.4, -0.2) is 10.8 Å². The minimum Gasteiger partial charge on any atom is -0.293 e. The van der Waals surface area contributed by atoms with E-state index in [0.717, 1.165) is 5.01 Å². The fourth-order valence-corrected chi connectivity index (χ4v) is 3.20. The van der Waals surface area contributed by atoms with Crippen molar-refractivity contribution in [2.45, 2.75) is 31.5 Å². The molecule has 1 fully saturated rings. The Labute approximate surface area is 95.9 Å². The first-order valence-corrected chi connectivity index (χ1v) is 6.43. The number of rotatable bonds is 3. The van der Waals surface area contributed by atoms with E-state index in [9.17, 15) is 4.79 Å². The Hall–Kier alpha value is -0.220. The number of ketones is 1. The lowest BCUT2D eigenvalue weighted by Crippen LogP contribution is -2.03. The summed E-state index contributed by atoms with van der Waals surface area (Å²) < 4.78 is 0. The smallest absolute Gasteiger partial charge is 0.178 e. The molecule has 1 aromatic heterocycles. The molecule has 0 saturated heterocycles. The Kier molecular flexibility index (Phi) is 2.52. The predicted octanol–water partition coefficient (Wildman–Crippen LogP) is 3.58.